The highest BCUT2D eigenvalue weighted by Crippen LogP contribution is 2.27. The van der Waals surface area contributed by atoms with Crippen LogP contribution in [-0.4, -0.2) is 16.7 Å². The number of benzene rings is 1. The predicted molar refractivity (Wildman–Crippen MR) is 65.6 cm³/mol. The third-order valence-corrected chi connectivity index (χ3v) is 2.73. The number of aryl methyl sites for hydroxylation is 1. The molecular weight excluding hydrogens is 202 g/mol. The van der Waals surface area contributed by atoms with Gasteiger partial charge in [-0.15, -0.1) is 0 Å². The van der Waals surface area contributed by atoms with E-state index in [-0.39, 0.29) is 0 Å². The van der Waals surface area contributed by atoms with Crippen molar-refractivity contribution in [3.63, 3.8) is 0 Å². The van der Waals surface area contributed by atoms with Crippen LogP contribution in [0.25, 0.3) is 11.0 Å². The van der Waals surface area contributed by atoms with Crippen molar-refractivity contribution in [3.8, 4) is 5.75 Å². The molecule has 0 saturated heterocycles. The van der Waals surface area contributed by atoms with E-state index in [0.29, 0.717) is 11.4 Å². The molecule has 0 aliphatic rings. The van der Waals surface area contributed by atoms with Gasteiger partial charge < -0.3 is 15.0 Å². The van der Waals surface area contributed by atoms with Crippen LogP contribution in [0.4, 0.5) is 5.69 Å². The predicted octanol–water partition coefficient (Wildman–Crippen LogP) is 2.43. The van der Waals surface area contributed by atoms with Crippen LogP contribution >= 0.6 is 0 Å². The minimum atomic E-state index is 0.660. The Hall–Kier alpha value is -1.71. The van der Waals surface area contributed by atoms with Crippen LogP contribution in [0.1, 0.15) is 19.8 Å². The van der Waals surface area contributed by atoms with Crippen molar-refractivity contribution in [2.24, 2.45) is 0 Å². The van der Waals surface area contributed by atoms with Crippen molar-refractivity contribution in [1.29, 1.82) is 0 Å². The highest BCUT2D eigenvalue weighted by molar-refractivity contribution is 5.82. The molecule has 0 unspecified atom stereocenters. The summed E-state index contributed by atoms with van der Waals surface area (Å²) >= 11 is 0. The van der Waals surface area contributed by atoms with Crippen molar-refractivity contribution in [2.45, 2.75) is 26.3 Å². The third-order valence-electron chi connectivity index (χ3n) is 2.73. The number of aromatic nitrogens is 2. The number of nitrogens with two attached hydrogens (primary N) is 1. The van der Waals surface area contributed by atoms with Crippen LogP contribution in [-0.2, 0) is 6.54 Å². The Morgan fingerprint density at radius 2 is 2.25 bits per heavy atom. The number of rotatable bonds is 4. The highest BCUT2D eigenvalue weighted by Gasteiger charge is 2.07. The molecule has 86 valence electrons. The molecule has 0 radical (unpaired) electrons. The first-order valence-corrected chi connectivity index (χ1v) is 5.54. The molecule has 4 nitrogen and oxygen atoms in total. The summed E-state index contributed by atoms with van der Waals surface area (Å²) in [5.74, 6) is 0.688. The largest absolute Gasteiger partial charge is 0.495 e. The number of imidazole rings is 1. The number of nitrogens with zero attached hydrogens (tertiary/aromatic N) is 2. The molecule has 4 heteroatoms. The summed E-state index contributed by atoms with van der Waals surface area (Å²) in [5, 5.41) is 0. The standard InChI is InChI=1S/C12H17N3O/c1-3-4-5-15-8-14-10-7-12(16-2)9(13)6-11(10)15/h6-8H,3-5,13H2,1-2H3. The van der Waals surface area contributed by atoms with E-state index >= 15 is 0 Å². The van der Waals surface area contributed by atoms with Gasteiger partial charge in [0.2, 0.25) is 0 Å². The van der Waals surface area contributed by atoms with Gasteiger partial charge in [0.15, 0.2) is 0 Å². The molecular formula is C12H17N3O. The number of ether oxygens (including phenoxy) is 1. The van der Waals surface area contributed by atoms with E-state index in [1.54, 1.807) is 7.11 Å². The van der Waals surface area contributed by atoms with E-state index in [4.69, 9.17) is 10.5 Å². The van der Waals surface area contributed by atoms with Crippen LogP contribution in [0, 0.1) is 0 Å². The molecule has 0 atom stereocenters. The maximum absolute atomic E-state index is 5.89. The minimum absolute atomic E-state index is 0.660. The van der Waals surface area contributed by atoms with Crippen LogP contribution in [0.2, 0.25) is 0 Å². The van der Waals surface area contributed by atoms with Crippen molar-refractivity contribution in [1.82, 2.24) is 9.55 Å². The van der Waals surface area contributed by atoms with E-state index in [2.05, 4.69) is 16.5 Å². The van der Waals surface area contributed by atoms with Crippen LogP contribution in [0.15, 0.2) is 18.5 Å². The van der Waals surface area contributed by atoms with E-state index in [1.807, 2.05) is 18.5 Å². The zero-order valence-corrected chi connectivity index (χ0v) is 9.73. The van der Waals surface area contributed by atoms with E-state index in [9.17, 15) is 0 Å². The second kappa shape index (κ2) is 4.43. The van der Waals surface area contributed by atoms with Crippen LogP contribution in [0.5, 0.6) is 5.75 Å². The molecule has 0 fully saturated rings. The summed E-state index contributed by atoms with van der Waals surface area (Å²) < 4.78 is 7.30. The van der Waals surface area contributed by atoms with Gasteiger partial charge in [0, 0.05) is 12.6 Å². The Morgan fingerprint density at radius 1 is 1.44 bits per heavy atom. The lowest BCUT2D eigenvalue weighted by atomic mass is 10.2. The first-order chi connectivity index (χ1) is 7.76. The molecule has 2 rings (SSSR count). The monoisotopic (exact) mass is 219 g/mol. The average Bonchev–Trinajstić information content (AvgIpc) is 2.67. The van der Waals surface area contributed by atoms with Gasteiger partial charge in [-0.2, -0.15) is 0 Å². The van der Waals surface area contributed by atoms with Gasteiger partial charge in [-0.05, 0) is 12.5 Å². The molecule has 2 N–H and O–H groups in total. The first kappa shape index (κ1) is 10.8. The Morgan fingerprint density at radius 3 is 2.94 bits per heavy atom. The quantitative estimate of drug-likeness (QED) is 0.803. The maximum Gasteiger partial charge on any atom is 0.144 e. The molecule has 0 bridgehead atoms. The van der Waals surface area contributed by atoms with Gasteiger partial charge in [-0.3, -0.25) is 0 Å². The first-order valence-electron chi connectivity index (χ1n) is 5.54. The number of anilines is 1. The molecule has 0 aliphatic carbocycles. The fourth-order valence-electron chi connectivity index (χ4n) is 1.78. The van der Waals surface area contributed by atoms with Crippen molar-refractivity contribution < 1.29 is 4.74 Å². The summed E-state index contributed by atoms with van der Waals surface area (Å²) in [5.41, 5.74) is 8.56. The average molecular weight is 219 g/mol. The van der Waals surface area contributed by atoms with Gasteiger partial charge in [-0.25, -0.2) is 4.98 Å². The lowest BCUT2D eigenvalue weighted by Crippen LogP contribution is -1.97. The Labute approximate surface area is 95.0 Å². The molecule has 16 heavy (non-hydrogen) atoms. The van der Waals surface area contributed by atoms with Gasteiger partial charge in [0.1, 0.15) is 5.75 Å². The molecule has 1 aromatic carbocycles. The van der Waals surface area contributed by atoms with Crippen molar-refractivity contribution in [3.05, 3.63) is 18.5 Å². The fourth-order valence-corrected chi connectivity index (χ4v) is 1.78. The minimum Gasteiger partial charge on any atom is -0.495 e. The smallest absolute Gasteiger partial charge is 0.144 e. The fraction of sp³-hybridized carbons (Fsp3) is 0.417. The second-order valence-corrected chi connectivity index (χ2v) is 3.87. The number of hydrogen-bond donors (Lipinski definition) is 1. The second-order valence-electron chi connectivity index (χ2n) is 3.87. The topological polar surface area (TPSA) is 53.1 Å². The lowest BCUT2D eigenvalue weighted by molar-refractivity contribution is 0.417. The number of hydrogen-bond acceptors (Lipinski definition) is 3. The van der Waals surface area contributed by atoms with Crippen molar-refractivity contribution in [2.75, 3.05) is 12.8 Å². The third kappa shape index (κ3) is 1.83. The Bertz CT molecular complexity index is 490. The summed E-state index contributed by atoms with van der Waals surface area (Å²) in [6.07, 6.45) is 4.18. The Balaban J connectivity index is 2.43. The zero-order valence-electron chi connectivity index (χ0n) is 9.73. The number of methoxy groups -OCH3 is 1. The number of nitrogen functional groups attached to an aromatic ring is 1. The van der Waals surface area contributed by atoms with Crippen molar-refractivity contribution >= 4 is 16.7 Å². The van der Waals surface area contributed by atoms with Gasteiger partial charge >= 0.3 is 0 Å². The number of fused-ring (bicyclic) bond motifs is 1. The van der Waals surface area contributed by atoms with Gasteiger partial charge in [-0.1, -0.05) is 13.3 Å². The molecule has 0 amide bonds. The zero-order chi connectivity index (χ0) is 11.5. The number of unbranched alkanes of at least 4 members (excludes halogenated alkanes) is 1. The maximum atomic E-state index is 5.89. The lowest BCUT2D eigenvalue weighted by Gasteiger charge is -2.06. The van der Waals surface area contributed by atoms with E-state index in [0.717, 1.165) is 24.0 Å². The summed E-state index contributed by atoms with van der Waals surface area (Å²) in [6.45, 7) is 3.16. The Kier molecular flexibility index (Phi) is 2.99. The van der Waals surface area contributed by atoms with Gasteiger partial charge in [0.25, 0.3) is 0 Å². The molecule has 0 spiro atoms. The highest BCUT2D eigenvalue weighted by atomic mass is 16.5. The van der Waals surface area contributed by atoms with E-state index < -0.39 is 0 Å². The summed E-state index contributed by atoms with van der Waals surface area (Å²) in [7, 11) is 1.62. The van der Waals surface area contributed by atoms with Crippen LogP contribution in [0.3, 0.4) is 0 Å². The molecule has 2 aromatic rings. The summed E-state index contributed by atoms with van der Waals surface area (Å²) in [4.78, 5) is 4.35. The molecule has 0 aliphatic heterocycles. The molecule has 0 saturated carbocycles. The SMILES string of the molecule is CCCCn1cnc2cc(OC)c(N)cc21. The normalized spacial score (nSPS) is 10.9. The molecule has 1 heterocycles. The van der Waals surface area contributed by atoms with Crippen LogP contribution < -0.4 is 10.5 Å². The molecule has 1 aromatic heterocycles. The summed E-state index contributed by atoms with van der Waals surface area (Å²) in [6, 6.07) is 3.81. The van der Waals surface area contributed by atoms with E-state index in [1.165, 1.54) is 6.42 Å². The van der Waals surface area contributed by atoms with Gasteiger partial charge in [0.05, 0.1) is 30.2 Å².